The molecular formula is C8H9N3OS. The largest absolute Gasteiger partial charge is 0.383 e. The van der Waals surface area contributed by atoms with E-state index in [2.05, 4.69) is 4.98 Å². The van der Waals surface area contributed by atoms with Crippen LogP contribution in [0.2, 0.25) is 0 Å². The lowest BCUT2D eigenvalue weighted by Gasteiger charge is -1.99. The number of aryl methyl sites for hydroxylation is 1. The quantitative estimate of drug-likeness (QED) is 0.681. The molecule has 0 saturated heterocycles. The highest BCUT2D eigenvalue weighted by atomic mass is 32.1. The Hall–Kier alpha value is -1.36. The summed E-state index contributed by atoms with van der Waals surface area (Å²) >= 11 is 1.42. The molecule has 0 bridgehead atoms. The van der Waals surface area contributed by atoms with Crippen molar-refractivity contribution in [3.8, 4) is 0 Å². The van der Waals surface area contributed by atoms with Crippen molar-refractivity contribution >= 4 is 22.1 Å². The van der Waals surface area contributed by atoms with E-state index in [0.29, 0.717) is 16.3 Å². The second kappa shape index (κ2) is 2.56. The average molecular weight is 195 g/mol. The summed E-state index contributed by atoms with van der Waals surface area (Å²) < 4.78 is 1.58. The predicted molar refractivity (Wildman–Crippen MR) is 53.2 cm³/mol. The van der Waals surface area contributed by atoms with Gasteiger partial charge in [-0.05, 0) is 13.8 Å². The van der Waals surface area contributed by atoms with E-state index in [4.69, 9.17) is 5.73 Å². The molecule has 0 amide bonds. The average Bonchev–Trinajstić information content (AvgIpc) is 2.43. The first-order chi connectivity index (χ1) is 6.11. The van der Waals surface area contributed by atoms with Crippen LogP contribution < -0.4 is 11.3 Å². The Kier molecular flexibility index (Phi) is 1.63. The molecule has 2 aromatic rings. The molecule has 2 rings (SSSR count). The van der Waals surface area contributed by atoms with Crippen molar-refractivity contribution in [1.29, 1.82) is 0 Å². The zero-order valence-electron chi connectivity index (χ0n) is 7.37. The van der Waals surface area contributed by atoms with Crippen LogP contribution in [0.15, 0.2) is 10.2 Å². The van der Waals surface area contributed by atoms with Gasteiger partial charge in [0.1, 0.15) is 5.82 Å². The van der Waals surface area contributed by atoms with Crippen molar-refractivity contribution in [2.45, 2.75) is 13.8 Å². The van der Waals surface area contributed by atoms with E-state index in [9.17, 15) is 4.79 Å². The van der Waals surface area contributed by atoms with Gasteiger partial charge < -0.3 is 5.73 Å². The van der Waals surface area contributed by atoms with E-state index in [1.165, 1.54) is 11.3 Å². The molecule has 13 heavy (non-hydrogen) atoms. The standard InChI is InChI=1S/C8H9N3OS/c1-4-3-13-8-10-6(9)5(2)7(12)11(4)8/h3H,9H2,1-2H3. The fourth-order valence-corrected chi connectivity index (χ4v) is 2.05. The van der Waals surface area contributed by atoms with Gasteiger partial charge in [0.05, 0.1) is 5.56 Å². The Morgan fingerprint density at radius 1 is 1.54 bits per heavy atom. The molecule has 0 atom stereocenters. The number of aromatic nitrogens is 2. The summed E-state index contributed by atoms with van der Waals surface area (Å²) in [6.45, 7) is 3.57. The highest BCUT2D eigenvalue weighted by Crippen LogP contribution is 2.13. The van der Waals surface area contributed by atoms with Crippen LogP contribution in [-0.2, 0) is 0 Å². The van der Waals surface area contributed by atoms with Gasteiger partial charge in [0.2, 0.25) is 0 Å². The van der Waals surface area contributed by atoms with Crippen molar-refractivity contribution in [2.75, 3.05) is 5.73 Å². The van der Waals surface area contributed by atoms with E-state index in [0.717, 1.165) is 5.69 Å². The summed E-state index contributed by atoms with van der Waals surface area (Å²) in [6, 6.07) is 0. The number of anilines is 1. The molecule has 0 saturated carbocycles. The zero-order chi connectivity index (χ0) is 9.59. The minimum Gasteiger partial charge on any atom is -0.383 e. The van der Waals surface area contributed by atoms with Gasteiger partial charge in [-0.2, -0.15) is 0 Å². The van der Waals surface area contributed by atoms with Crippen LogP contribution in [0.1, 0.15) is 11.3 Å². The Morgan fingerprint density at radius 2 is 2.23 bits per heavy atom. The first kappa shape index (κ1) is 8.25. The highest BCUT2D eigenvalue weighted by Gasteiger charge is 2.08. The predicted octanol–water partition coefficient (Wildman–Crippen LogP) is 0.955. The number of nitrogen functional groups attached to an aromatic ring is 1. The number of nitrogens with two attached hydrogens (primary N) is 1. The van der Waals surface area contributed by atoms with E-state index in [1.54, 1.807) is 11.3 Å². The number of hydrogen-bond donors (Lipinski definition) is 1. The second-order valence-electron chi connectivity index (χ2n) is 2.92. The van der Waals surface area contributed by atoms with E-state index in [1.807, 2.05) is 12.3 Å². The van der Waals surface area contributed by atoms with E-state index < -0.39 is 0 Å². The van der Waals surface area contributed by atoms with Crippen LogP contribution in [0, 0.1) is 13.8 Å². The molecule has 0 aliphatic carbocycles. The maximum atomic E-state index is 11.7. The molecule has 0 aliphatic rings. The molecule has 0 unspecified atom stereocenters. The first-order valence-corrected chi connectivity index (χ1v) is 4.72. The van der Waals surface area contributed by atoms with Gasteiger partial charge in [0, 0.05) is 11.1 Å². The maximum absolute atomic E-state index is 11.7. The van der Waals surface area contributed by atoms with Crippen molar-refractivity contribution in [1.82, 2.24) is 9.38 Å². The van der Waals surface area contributed by atoms with Crippen molar-refractivity contribution in [3.63, 3.8) is 0 Å². The van der Waals surface area contributed by atoms with Crippen LogP contribution in [-0.4, -0.2) is 9.38 Å². The smallest absolute Gasteiger partial charge is 0.263 e. The summed E-state index contributed by atoms with van der Waals surface area (Å²) in [5.41, 5.74) is 6.93. The molecule has 4 nitrogen and oxygen atoms in total. The molecule has 0 aliphatic heterocycles. The highest BCUT2D eigenvalue weighted by molar-refractivity contribution is 7.15. The van der Waals surface area contributed by atoms with Crippen LogP contribution in [0.3, 0.4) is 0 Å². The van der Waals surface area contributed by atoms with E-state index in [-0.39, 0.29) is 5.56 Å². The van der Waals surface area contributed by atoms with Gasteiger partial charge in [0.25, 0.3) is 5.56 Å². The SMILES string of the molecule is Cc1c(N)nc2scc(C)n2c1=O. The summed E-state index contributed by atoms with van der Waals surface area (Å²) in [6.07, 6.45) is 0. The number of hydrogen-bond acceptors (Lipinski definition) is 4. The number of rotatable bonds is 0. The van der Waals surface area contributed by atoms with Crippen LogP contribution in [0.5, 0.6) is 0 Å². The Morgan fingerprint density at radius 3 is 2.92 bits per heavy atom. The maximum Gasteiger partial charge on any atom is 0.263 e. The molecule has 2 N–H and O–H groups in total. The molecule has 0 fully saturated rings. The third kappa shape index (κ3) is 1.04. The molecule has 0 aromatic carbocycles. The number of nitrogens with zero attached hydrogens (tertiary/aromatic N) is 2. The van der Waals surface area contributed by atoms with Gasteiger partial charge in [-0.3, -0.25) is 9.20 Å². The molecule has 0 spiro atoms. The summed E-state index contributed by atoms with van der Waals surface area (Å²) in [5, 5.41) is 1.89. The van der Waals surface area contributed by atoms with Crippen molar-refractivity contribution < 1.29 is 0 Å². The van der Waals surface area contributed by atoms with Gasteiger partial charge in [-0.1, -0.05) is 0 Å². The third-order valence-corrected chi connectivity index (χ3v) is 2.95. The fraction of sp³-hybridized carbons (Fsp3) is 0.250. The topological polar surface area (TPSA) is 60.4 Å². The van der Waals surface area contributed by atoms with Crippen molar-refractivity contribution in [2.24, 2.45) is 0 Å². The lowest BCUT2D eigenvalue weighted by molar-refractivity contribution is 1.00. The van der Waals surface area contributed by atoms with Crippen molar-refractivity contribution in [3.05, 3.63) is 27.0 Å². The molecule has 2 heterocycles. The van der Waals surface area contributed by atoms with Gasteiger partial charge in [-0.15, -0.1) is 11.3 Å². The van der Waals surface area contributed by atoms with E-state index >= 15 is 0 Å². The number of fused-ring (bicyclic) bond motifs is 1. The van der Waals surface area contributed by atoms with Gasteiger partial charge in [0.15, 0.2) is 4.96 Å². The first-order valence-electron chi connectivity index (χ1n) is 3.84. The van der Waals surface area contributed by atoms with Crippen LogP contribution in [0.4, 0.5) is 5.82 Å². The van der Waals surface area contributed by atoms with Gasteiger partial charge >= 0.3 is 0 Å². The fourth-order valence-electron chi connectivity index (χ4n) is 1.18. The van der Waals surface area contributed by atoms with Crippen LogP contribution in [0.25, 0.3) is 4.96 Å². The molecule has 5 heteroatoms. The minimum absolute atomic E-state index is 0.0683. The Bertz CT molecular complexity index is 526. The monoisotopic (exact) mass is 195 g/mol. The normalized spacial score (nSPS) is 10.9. The van der Waals surface area contributed by atoms with Crippen LogP contribution >= 0.6 is 11.3 Å². The lowest BCUT2D eigenvalue weighted by atomic mass is 10.3. The third-order valence-electron chi connectivity index (χ3n) is 2.00. The second-order valence-corrected chi connectivity index (χ2v) is 3.76. The molecule has 68 valence electrons. The molecular weight excluding hydrogens is 186 g/mol. The summed E-state index contributed by atoms with van der Waals surface area (Å²) in [5.74, 6) is 0.326. The molecule has 2 aromatic heterocycles. The summed E-state index contributed by atoms with van der Waals surface area (Å²) in [4.78, 5) is 16.5. The summed E-state index contributed by atoms with van der Waals surface area (Å²) in [7, 11) is 0. The number of thiazole rings is 1. The minimum atomic E-state index is -0.0683. The van der Waals surface area contributed by atoms with Gasteiger partial charge in [-0.25, -0.2) is 4.98 Å². The zero-order valence-corrected chi connectivity index (χ0v) is 8.18. The lowest BCUT2D eigenvalue weighted by Crippen LogP contribution is -2.19. The Balaban J connectivity index is 3.06. The molecule has 0 radical (unpaired) electrons. The Labute approximate surface area is 78.7 Å².